The van der Waals surface area contributed by atoms with Crippen LogP contribution in [0, 0.1) is 0 Å². The van der Waals surface area contributed by atoms with Crippen molar-refractivity contribution < 1.29 is 14.3 Å². The van der Waals surface area contributed by atoms with Crippen molar-refractivity contribution in [3.8, 4) is 5.75 Å². The Kier molecular flexibility index (Phi) is 6.12. The van der Waals surface area contributed by atoms with Crippen LogP contribution in [0.5, 0.6) is 5.75 Å². The van der Waals surface area contributed by atoms with E-state index < -0.39 is 0 Å². The maximum absolute atomic E-state index is 12.0. The number of aromatic nitrogens is 2. The van der Waals surface area contributed by atoms with Crippen molar-refractivity contribution in [2.75, 3.05) is 11.9 Å². The molecule has 1 aromatic carbocycles. The summed E-state index contributed by atoms with van der Waals surface area (Å²) in [6, 6.07) is 8.77. The SMILES string of the molecule is CCC(=O)c1ccc(OCC(=O)Nc2ccnn2[C@H](C)CC)cc1. The maximum Gasteiger partial charge on any atom is 0.263 e. The molecule has 24 heavy (non-hydrogen) atoms. The second-order valence-corrected chi connectivity index (χ2v) is 5.56. The number of Topliss-reactive ketones (excluding diaryl/α,β-unsaturated/α-hetero) is 1. The summed E-state index contributed by atoms with van der Waals surface area (Å²) in [6.45, 7) is 5.82. The highest BCUT2D eigenvalue weighted by atomic mass is 16.5. The third-order valence-electron chi connectivity index (χ3n) is 3.81. The molecular formula is C18H23N3O3. The van der Waals surface area contributed by atoms with E-state index in [1.54, 1.807) is 41.2 Å². The van der Waals surface area contributed by atoms with Gasteiger partial charge in [0.25, 0.3) is 5.91 Å². The molecule has 2 aromatic rings. The van der Waals surface area contributed by atoms with Crippen molar-refractivity contribution >= 4 is 17.5 Å². The summed E-state index contributed by atoms with van der Waals surface area (Å²) in [5.41, 5.74) is 0.645. The maximum atomic E-state index is 12.0. The Bertz CT molecular complexity index is 692. The lowest BCUT2D eigenvalue weighted by atomic mass is 10.1. The lowest BCUT2D eigenvalue weighted by molar-refractivity contribution is -0.118. The van der Waals surface area contributed by atoms with Gasteiger partial charge in [0.1, 0.15) is 11.6 Å². The molecule has 1 heterocycles. The van der Waals surface area contributed by atoms with Gasteiger partial charge in [0.05, 0.1) is 12.2 Å². The summed E-state index contributed by atoms with van der Waals surface area (Å²) in [7, 11) is 0. The number of amides is 1. The number of nitrogens with zero attached hydrogens (tertiary/aromatic N) is 2. The van der Waals surface area contributed by atoms with Gasteiger partial charge in [-0.25, -0.2) is 4.68 Å². The van der Waals surface area contributed by atoms with E-state index in [1.807, 2.05) is 13.8 Å². The van der Waals surface area contributed by atoms with Crippen LogP contribution in [0.1, 0.15) is 50.0 Å². The second kappa shape index (κ2) is 8.29. The average Bonchev–Trinajstić information content (AvgIpc) is 3.07. The normalized spacial score (nSPS) is 11.8. The van der Waals surface area contributed by atoms with Crippen molar-refractivity contribution in [3.63, 3.8) is 0 Å². The van der Waals surface area contributed by atoms with E-state index in [4.69, 9.17) is 4.74 Å². The largest absolute Gasteiger partial charge is 0.484 e. The van der Waals surface area contributed by atoms with E-state index >= 15 is 0 Å². The van der Waals surface area contributed by atoms with Crippen molar-refractivity contribution in [1.82, 2.24) is 9.78 Å². The van der Waals surface area contributed by atoms with Gasteiger partial charge in [0.2, 0.25) is 0 Å². The van der Waals surface area contributed by atoms with Crippen LogP contribution in [0.25, 0.3) is 0 Å². The third kappa shape index (κ3) is 4.44. The fraction of sp³-hybridized carbons (Fsp3) is 0.389. The van der Waals surface area contributed by atoms with Gasteiger partial charge in [-0.1, -0.05) is 13.8 Å². The zero-order valence-corrected chi connectivity index (χ0v) is 14.3. The van der Waals surface area contributed by atoms with Gasteiger partial charge in [0, 0.05) is 18.1 Å². The molecule has 0 fully saturated rings. The molecule has 0 saturated carbocycles. The Morgan fingerprint density at radius 2 is 1.92 bits per heavy atom. The Hall–Kier alpha value is -2.63. The van der Waals surface area contributed by atoms with E-state index in [-0.39, 0.29) is 24.3 Å². The van der Waals surface area contributed by atoms with Gasteiger partial charge in [-0.2, -0.15) is 5.10 Å². The highest BCUT2D eigenvalue weighted by Crippen LogP contribution is 2.17. The van der Waals surface area contributed by atoms with Crippen LogP contribution in [0.3, 0.4) is 0 Å². The standard InChI is InChI=1S/C18H23N3O3/c1-4-13(3)21-17(10-11-19-21)20-18(23)12-24-15-8-6-14(7-9-15)16(22)5-2/h6-11,13H,4-5,12H2,1-3H3,(H,20,23)/t13-/m1/s1. The van der Waals surface area contributed by atoms with E-state index in [0.29, 0.717) is 23.6 Å². The minimum absolute atomic E-state index is 0.0811. The minimum atomic E-state index is -0.256. The Labute approximate surface area is 141 Å². The van der Waals surface area contributed by atoms with Crippen molar-refractivity contribution in [3.05, 3.63) is 42.1 Å². The number of rotatable bonds is 8. The van der Waals surface area contributed by atoms with Crippen molar-refractivity contribution in [2.45, 2.75) is 39.7 Å². The number of hydrogen-bond acceptors (Lipinski definition) is 4. The van der Waals surface area contributed by atoms with Gasteiger partial charge in [-0.05, 0) is 37.6 Å². The predicted molar refractivity (Wildman–Crippen MR) is 92.4 cm³/mol. The first kappa shape index (κ1) is 17.7. The number of ketones is 1. The number of benzene rings is 1. The van der Waals surface area contributed by atoms with E-state index in [2.05, 4.69) is 17.3 Å². The third-order valence-corrected chi connectivity index (χ3v) is 3.81. The molecule has 1 N–H and O–H groups in total. The fourth-order valence-electron chi connectivity index (χ4n) is 2.21. The zero-order chi connectivity index (χ0) is 17.5. The summed E-state index contributed by atoms with van der Waals surface area (Å²) in [4.78, 5) is 23.6. The first-order valence-corrected chi connectivity index (χ1v) is 8.14. The van der Waals surface area contributed by atoms with Gasteiger partial charge in [0.15, 0.2) is 12.4 Å². The van der Waals surface area contributed by atoms with Crippen molar-refractivity contribution in [2.24, 2.45) is 0 Å². The summed E-state index contributed by atoms with van der Waals surface area (Å²) in [6.07, 6.45) is 3.04. The average molecular weight is 329 g/mol. The van der Waals surface area contributed by atoms with Crippen LogP contribution in [0.4, 0.5) is 5.82 Å². The number of ether oxygens (including phenoxy) is 1. The molecule has 0 aliphatic carbocycles. The first-order valence-electron chi connectivity index (χ1n) is 8.14. The molecule has 1 amide bonds. The van der Waals surface area contributed by atoms with Crippen molar-refractivity contribution in [1.29, 1.82) is 0 Å². The topological polar surface area (TPSA) is 73.2 Å². The van der Waals surface area contributed by atoms with Gasteiger partial charge in [-0.3, -0.25) is 9.59 Å². The number of anilines is 1. The second-order valence-electron chi connectivity index (χ2n) is 5.56. The molecule has 0 aliphatic heterocycles. The molecule has 0 spiro atoms. The molecule has 0 aliphatic rings. The molecule has 128 valence electrons. The Morgan fingerprint density at radius 1 is 1.21 bits per heavy atom. The number of carbonyl (C=O) groups is 2. The molecule has 0 unspecified atom stereocenters. The molecule has 2 rings (SSSR count). The lowest BCUT2D eigenvalue weighted by Gasteiger charge is -2.14. The highest BCUT2D eigenvalue weighted by molar-refractivity contribution is 5.96. The molecule has 1 atom stereocenters. The van der Waals surface area contributed by atoms with E-state index in [1.165, 1.54) is 0 Å². The van der Waals surface area contributed by atoms with E-state index in [0.717, 1.165) is 6.42 Å². The highest BCUT2D eigenvalue weighted by Gasteiger charge is 2.11. The number of nitrogens with one attached hydrogen (secondary N) is 1. The van der Waals surface area contributed by atoms with Crippen LogP contribution in [-0.2, 0) is 4.79 Å². The summed E-state index contributed by atoms with van der Waals surface area (Å²) >= 11 is 0. The van der Waals surface area contributed by atoms with Gasteiger partial charge in [-0.15, -0.1) is 0 Å². The lowest BCUT2D eigenvalue weighted by Crippen LogP contribution is -2.23. The summed E-state index contributed by atoms with van der Waals surface area (Å²) < 4.78 is 7.24. The summed E-state index contributed by atoms with van der Waals surface area (Å²) in [5, 5.41) is 7.02. The van der Waals surface area contributed by atoms with Crippen LogP contribution in [-0.4, -0.2) is 28.1 Å². The van der Waals surface area contributed by atoms with Gasteiger partial charge < -0.3 is 10.1 Å². The monoisotopic (exact) mass is 329 g/mol. The first-order chi connectivity index (χ1) is 11.5. The van der Waals surface area contributed by atoms with Crippen LogP contribution in [0.15, 0.2) is 36.5 Å². The number of carbonyl (C=O) groups excluding carboxylic acids is 2. The quantitative estimate of drug-likeness (QED) is 0.753. The van der Waals surface area contributed by atoms with E-state index in [9.17, 15) is 9.59 Å². The van der Waals surface area contributed by atoms with Crippen LogP contribution < -0.4 is 10.1 Å². The van der Waals surface area contributed by atoms with Crippen LogP contribution >= 0.6 is 0 Å². The Morgan fingerprint density at radius 3 is 2.54 bits per heavy atom. The number of hydrogen-bond donors (Lipinski definition) is 1. The fourth-order valence-corrected chi connectivity index (χ4v) is 2.21. The Balaban J connectivity index is 1.89. The molecule has 6 heteroatoms. The summed E-state index contributed by atoms with van der Waals surface area (Å²) in [5.74, 6) is 1.03. The molecule has 0 saturated heterocycles. The molecule has 0 bridgehead atoms. The molecular weight excluding hydrogens is 306 g/mol. The van der Waals surface area contributed by atoms with Gasteiger partial charge >= 0.3 is 0 Å². The minimum Gasteiger partial charge on any atom is -0.484 e. The van der Waals surface area contributed by atoms with Crippen LogP contribution in [0.2, 0.25) is 0 Å². The molecule has 1 aromatic heterocycles. The molecule has 6 nitrogen and oxygen atoms in total. The zero-order valence-electron chi connectivity index (χ0n) is 14.3. The molecule has 0 radical (unpaired) electrons. The predicted octanol–water partition coefficient (Wildman–Crippen LogP) is 3.46. The smallest absolute Gasteiger partial charge is 0.263 e.